The molecule has 1 aliphatic rings. The van der Waals surface area contributed by atoms with Gasteiger partial charge in [0.05, 0.1) is 10.5 Å². The third-order valence-corrected chi connectivity index (χ3v) is 4.21. The van der Waals surface area contributed by atoms with Gasteiger partial charge in [0, 0.05) is 17.9 Å². The van der Waals surface area contributed by atoms with Crippen LogP contribution in [-0.4, -0.2) is 19.7 Å². The van der Waals surface area contributed by atoms with Crippen LogP contribution >= 0.6 is 11.8 Å². The van der Waals surface area contributed by atoms with Crippen LogP contribution in [-0.2, 0) is 5.75 Å². The van der Waals surface area contributed by atoms with E-state index in [4.69, 9.17) is 5.73 Å². The zero-order chi connectivity index (χ0) is 15.0. The van der Waals surface area contributed by atoms with Gasteiger partial charge in [-0.25, -0.2) is 4.39 Å². The van der Waals surface area contributed by atoms with E-state index in [1.165, 1.54) is 30.0 Å². The van der Waals surface area contributed by atoms with Gasteiger partial charge in [-0.3, -0.25) is 14.7 Å². The summed E-state index contributed by atoms with van der Waals surface area (Å²) in [5.41, 5.74) is 5.58. The smallest absolute Gasteiger partial charge is 0.276 e. The molecule has 7 nitrogen and oxygen atoms in total. The summed E-state index contributed by atoms with van der Waals surface area (Å²) < 4.78 is 15.6. The fourth-order valence-electron chi connectivity index (χ4n) is 2.06. The number of nitrogens with zero attached hydrogens (tertiary/aromatic N) is 4. The van der Waals surface area contributed by atoms with Crippen LogP contribution in [0.2, 0.25) is 0 Å². The highest BCUT2D eigenvalue weighted by Crippen LogP contribution is 2.40. The predicted octanol–water partition coefficient (Wildman–Crippen LogP) is 2.53. The Morgan fingerprint density at radius 1 is 1.48 bits per heavy atom. The zero-order valence-corrected chi connectivity index (χ0v) is 11.7. The van der Waals surface area contributed by atoms with E-state index in [0.717, 1.165) is 12.8 Å². The molecule has 0 amide bonds. The number of benzene rings is 1. The van der Waals surface area contributed by atoms with Crippen molar-refractivity contribution in [3.05, 3.63) is 39.7 Å². The van der Waals surface area contributed by atoms with Gasteiger partial charge < -0.3 is 5.73 Å². The van der Waals surface area contributed by atoms with Crippen molar-refractivity contribution in [3.8, 4) is 0 Å². The maximum atomic E-state index is 13.8. The van der Waals surface area contributed by atoms with Crippen molar-refractivity contribution in [1.82, 2.24) is 14.8 Å². The summed E-state index contributed by atoms with van der Waals surface area (Å²) in [7, 11) is 0. The van der Waals surface area contributed by atoms with E-state index in [0.29, 0.717) is 11.1 Å². The number of hydrogen-bond acceptors (Lipinski definition) is 6. The van der Waals surface area contributed by atoms with Crippen LogP contribution in [0, 0.1) is 15.9 Å². The summed E-state index contributed by atoms with van der Waals surface area (Å²) >= 11 is 1.20. The van der Waals surface area contributed by atoms with Crippen molar-refractivity contribution in [2.75, 3.05) is 5.73 Å². The van der Waals surface area contributed by atoms with Crippen LogP contribution < -0.4 is 5.73 Å². The number of aromatic nitrogens is 3. The SMILES string of the molecule is Nc1nnc(SCc2c(F)cccc2[N+](=O)[O-])n1C1CC1. The number of halogens is 1. The number of nitrogens with two attached hydrogens (primary N) is 1. The Bertz CT molecular complexity index is 701. The van der Waals surface area contributed by atoms with Crippen LogP contribution in [0.3, 0.4) is 0 Å². The van der Waals surface area contributed by atoms with Gasteiger partial charge in [-0.1, -0.05) is 17.8 Å². The summed E-state index contributed by atoms with van der Waals surface area (Å²) in [5.74, 6) is -0.168. The summed E-state index contributed by atoms with van der Waals surface area (Å²) in [4.78, 5) is 10.4. The molecule has 0 saturated heterocycles. The number of nitro groups is 1. The normalized spacial score (nSPS) is 14.3. The van der Waals surface area contributed by atoms with Gasteiger partial charge in [0.2, 0.25) is 5.95 Å². The van der Waals surface area contributed by atoms with Gasteiger partial charge in [-0.05, 0) is 18.9 Å². The molecule has 0 bridgehead atoms. The molecule has 0 aliphatic heterocycles. The van der Waals surface area contributed by atoms with Crippen molar-refractivity contribution >= 4 is 23.4 Å². The molecule has 1 heterocycles. The van der Waals surface area contributed by atoms with Crippen LogP contribution in [0.1, 0.15) is 24.4 Å². The second-order valence-corrected chi connectivity index (χ2v) is 5.67. The zero-order valence-electron chi connectivity index (χ0n) is 10.9. The summed E-state index contributed by atoms with van der Waals surface area (Å²) in [6.45, 7) is 0. The quantitative estimate of drug-likeness (QED) is 0.517. The highest BCUT2D eigenvalue weighted by Gasteiger charge is 2.29. The average molecular weight is 309 g/mol. The first kappa shape index (κ1) is 13.8. The number of anilines is 1. The van der Waals surface area contributed by atoms with E-state index in [2.05, 4.69) is 10.2 Å². The molecule has 0 unspecified atom stereocenters. The number of thioether (sulfide) groups is 1. The van der Waals surface area contributed by atoms with Gasteiger partial charge in [-0.2, -0.15) is 0 Å². The molecule has 1 aromatic heterocycles. The number of nitro benzene ring substituents is 1. The largest absolute Gasteiger partial charge is 0.368 e. The molecule has 9 heteroatoms. The molecule has 2 aromatic rings. The second kappa shape index (κ2) is 5.32. The Hall–Kier alpha value is -2.16. The van der Waals surface area contributed by atoms with E-state index in [1.807, 2.05) is 0 Å². The van der Waals surface area contributed by atoms with Crippen LogP contribution in [0.25, 0.3) is 0 Å². The van der Waals surface area contributed by atoms with Gasteiger partial charge in [0.1, 0.15) is 5.82 Å². The van der Waals surface area contributed by atoms with E-state index >= 15 is 0 Å². The van der Waals surface area contributed by atoms with Crippen molar-refractivity contribution in [3.63, 3.8) is 0 Å². The van der Waals surface area contributed by atoms with E-state index in [-0.39, 0.29) is 23.0 Å². The minimum Gasteiger partial charge on any atom is -0.368 e. The molecular formula is C12H12FN5O2S. The molecule has 1 fully saturated rings. The molecule has 0 atom stereocenters. The predicted molar refractivity (Wildman–Crippen MR) is 75.3 cm³/mol. The molecule has 1 saturated carbocycles. The second-order valence-electron chi connectivity index (χ2n) is 4.73. The lowest BCUT2D eigenvalue weighted by Crippen LogP contribution is -2.03. The number of hydrogen-bond donors (Lipinski definition) is 1. The highest BCUT2D eigenvalue weighted by molar-refractivity contribution is 7.98. The van der Waals surface area contributed by atoms with Crippen molar-refractivity contribution in [1.29, 1.82) is 0 Å². The molecule has 0 radical (unpaired) electrons. The summed E-state index contributed by atoms with van der Waals surface area (Å²) in [6, 6.07) is 4.12. The Morgan fingerprint density at radius 2 is 2.24 bits per heavy atom. The monoisotopic (exact) mass is 309 g/mol. The fraction of sp³-hybridized carbons (Fsp3) is 0.333. The van der Waals surface area contributed by atoms with Crippen molar-refractivity contribution in [2.45, 2.75) is 29.8 Å². The minimum atomic E-state index is -0.595. The van der Waals surface area contributed by atoms with Gasteiger partial charge in [0.15, 0.2) is 5.16 Å². The lowest BCUT2D eigenvalue weighted by atomic mass is 10.2. The van der Waals surface area contributed by atoms with Crippen LogP contribution in [0.15, 0.2) is 23.4 Å². The first-order valence-electron chi connectivity index (χ1n) is 6.33. The van der Waals surface area contributed by atoms with Crippen molar-refractivity contribution in [2.24, 2.45) is 0 Å². The van der Waals surface area contributed by atoms with E-state index < -0.39 is 10.7 Å². The average Bonchev–Trinajstić information content (AvgIpc) is 3.21. The molecular weight excluding hydrogens is 297 g/mol. The lowest BCUT2D eigenvalue weighted by molar-refractivity contribution is -0.385. The first-order chi connectivity index (χ1) is 10.1. The fourth-order valence-corrected chi connectivity index (χ4v) is 3.10. The molecule has 3 rings (SSSR count). The number of nitrogen functional groups attached to an aromatic ring is 1. The molecule has 2 N–H and O–H groups in total. The Balaban J connectivity index is 1.84. The Kier molecular flexibility index (Phi) is 3.50. The van der Waals surface area contributed by atoms with E-state index in [1.54, 1.807) is 4.57 Å². The standard InChI is InChI=1S/C12H12FN5O2S/c13-9-2-1-3-10(18(19)20)8(9)6-21-12-16-15-11(14)17(12)7-4-5-7/h1-3,7H,4-6H2,(H2,14,15). The van der Waals surface area contributed by atoms with Gasteiger partial charge >= 0.3 is 0 Å². The molecule has 1 aliphatic carbocycles. The van der Waals surface area contributed by atoms with E-state index in [9.17, 15) is 14.5 Å². The lowest BCUT2D eigenvalue weighted by Gasteiger charge is -2.07. The van der Waals surface area contributed by atoms with Gasteiger partial charge in [-0.15, -0.1) is 10.2 Å². The molecule has 110 valence electrons. The van der Waals surface area contributed by atoms with Crippen LogP contribution in [0.5, 0.6) is 0 Å². The summed E-state index contributed by atoms with van der Waals surface area (Å²) in [5, 5.41) is 19.3. The third kappa shape index (κ3) is 2.68. The Morgan fingerprint density at radius 3 is 2.90 bits per heavy atom. The third-order valence-electron chi connectivity index (χ3n) is 3.24. The van der Waals surface area contributed by atoms with Crippen molar-refractivity contribution < 1.29 is 9.31 Å². The summed E-state index contributed by atoms with van der Waals surface area (Å²) in [6.07, 6.45) is 2.02. The minimum absolute atomic E-state index is 0.0522. The van der Waals surface area contributed by atoms with Crippen LogP contribution in [0.4, 0.5) is 16.0 Å². The Labute approximate surface area is 123 Å². The first-order valence-corrected chi connectivity index (χ1v) is 7.31. The molecule has 0 spiro atoms. The topological polar surface area (TPSA) is 99.9 Å². The molecule has 21 heavy (non-hydrogen) atoms. The number of rotatable bonds is 5. The highest BCUT2D eigenvalue weighted by atomic mass is 32.2. The van der Waals surface area contributed by atoms with Gasteiger partial charge in [0.25, 0.3) is 5.69 Å². The molecule has 1 aromatic carbocycles. The maximum absolute atomic E-state index is 13.8. The maximum Gasteiger partial charge on any atom is 0.276 e.